The monoisotopic (exact) mass is 377 g/mol. The quantitative estimate of drug-likeness (QED) is 0.322. The van der Waals surface area contributed by atoms with Crippen LogP contribution in [-0.2, 0) is 5.41 Å². The Balaban J connectivity index is 1.94. The molecule has 0 bridgehead atoms. The summed E-state index contributed by atoms with van der Waals surface area (Å²) in [6.45, 7) is 7.20. The molecule has 140 valence electrons. The molecule has 0 atom stereocenters. The number of benzene rings is 2. The maximum absolute atomic E-state index is 8.62. The fraction of sp³-hybridized carbons (Fsp3) is 0.350. The van der Waals surface area contributed by atoms with E-state index in [2.05, 4.69) is 38.1 Å². The summed E-state index contributed by atoms with van der Waals surface area (Å²) in [5.74, 6) is 1.67. The van der Waals surface area contributed by atoms with Crippen LogP contribution in [0.2, 0.25) is 5.02 Å². The molecule has 1 N–H and O–H groups in total. The first-order valence-electron chi connectivity index (χ1n) is 8.26. The molecular formula is C20H24ClNO4. The van der Waals surface area contributed by atoms with Gasteiger partial charge in [-0.1, -0.05) is 49.7 Å². The van der Waals surface area contributed by atoms with E-state index in [1.165, 1.54) is 18.9 Å². The second-order valence-electron chi connectivity index (χ2n) is 6.75. The lowest BCUT2D eigenvalue weighted by atomic mass is 9.87. The molecule has 0 saturated carbocycles. The van der Waals surface area contributed by atoms with Crippen LogP contribution in [0.4, 0.5) is 0 Å². The summed E-state index contributed by atoms with van der Waals surface area (Å²) in [5.41, 5.74) is 1.97. The minimum absolute atomic E-state index is 0.113. The molecule has 0 aliphatic heterocycles. The van der Waals surface area contributed by atoms with Gasteiger partial charge < -0.3 is 19.4 Å². The highest BCUT2D eigenvalue weighted by Gasteiger charge is 2.13. The lowest BCUT2D eigenvalue weighted by Gasteiger charge is -2.19. The molecule has 0 amide bonds. The van der Waals surface area contributed by atoms with Crippen LogP contribution in [-0.4, -0.2) is 31.7 Å². The average molecular weight is 378 g/mol. The summed E-state index contributed by atoms with van der Waals surface area (Å²) in [4.78, 5) is 0. The first-order valence-corrected chi connectivity index (χ1v) is 8.64. The number of methoxy groups -OCH3 is 1. The number of oxime groups is 1. The van der Waals surface area contributed by atoms with Gasteiger partial charge in [0, 0.05) is 5.56 Å². The highest BCUT2D eigenvalue weighted by Crippen LogP contribution is 2.36. The van der Waals surface area contributed by atoms with Crippen molar-refractivity contribution < 1.29 is 19.4 Å². The molecule has 0 spiro atoms. The van der Waals surface area contributed by atoms with Crippen LogP contribution >= 0.6 is 11.6 Å². The topological polar surface area (TPSA) is 60.3 Å². The van der Waals surface area contributed by atoms with Gasteiger partial charge in [0.25, 0.3) is 0 Å². The van der Waals surface area contributed by atoms with Crippen LogP contribution in [0.1, 0.15) is 31.9 Å². The predicted octanol–water partition coefficient (Wildman–Crippen LogP) is 4.91. The van der Waals surface area contributed by atoms with Gasteiger partial charge in [-0.25, -0.2) is 0 Å². The minimum atomic E-state index is 0.113. The van der Waals surface area contributed by atoms with Gasteiger partial charge in [0.2, 0.25) is 0 Å². The minimum Gasteiger partial charge on any atom is -0.493 e. The van der Waals surface area contributed by atoms with Crippen LogP contribution in [0.25, 0.3) is 0 Å². The molecule has 0 saturated heterocycles. The molecule has 0 fully saturated rings. The molecule has 2 aromatic rings. The molecule has 26 heavy (non-hydrogen) atoms. The van der Waals surface area contributed by atoms with Crippen molar-refractivity contribution in [2.24, 2.45) is 5.16 Å². The molecule has 0 radical (unpaired) electrons. The Hall–Kier alpha value is -2.40. The molecule has 2 rings (SSSR count). The molecular weight excluding hydrogens is 354 g/mol. The second kappa shape index (κ2) is 8.81. The van der Waals surface area contributed by atoms with E-state index in [1.807, 2.05) is 12.1 Å². The largest absolute Gasteiger partial charge is 0.493 e. The Morgan fingerprint density at radius 1 is 1.08 bits per heavy atom. The smallest absolute Gasteiger partial charge is 0.179 e. The lowest BCUT2D eigenvalue weighted by molar-refractivity contribution is 0.211. The van der Waals surface area contributed by atoms with Gasteiger partial charge in [-0.05, 0) is 35.2 Å². The normalized spacial score (nSPS) is 11.6. The molecule has 2 aromatic carbocycles. The molecule has 6 heteroatoms. The zero-order chi connectivity index (χ0) is 19.2. The van der Waals surface area contributed by atoms with Gasteiger partial charge in [0.1, 0.15) is 19.0 Å². The third kappa shape index (κ3) is 5.30. The van der Waals surface area contributed by atoms with Crippen LogP contribution in [0.5, 0.6) is 17.2 Å². The van der Waals surface area contributed by atoms with Gasteiger partial charge in [0.15, 0.2) is 11.5 Å². The highest BCUT2D eigenvalue weighted by atomic mass is 35.5. The first kappa shape index (κ1) is 19.9. The van der Waals surface area contributed by atoms with Crippen molar-refractivity contribution in [3.05, 3.63) is 52.5 Å². The van der Waals surface area contributed by atoms with Gasteiger partial charge in [-0.15, -0.1) is 0 Å². The van der Waals surface area contributed by atoms with Gasteiger partial charge in [-0.3, -0.25) is 0 Å². The maximum Gasteiger partial charge on any atom is 0.179 e. The zero-order valence-corrected chi connectivity index (χ0v) is 16.2. The van der Waals surface area contributed by atoms with E-state index >= 15 is 0 Å². The zero-order valence-electron chi connectivity index (χ0n) is 15.5. The summed E-state index contributed by atoms with van der Waals surface area (Å²) in [6, 6.07) is 11.3. The Bertz CT molecular complexity index is 752. The van der Waals surface area contributed by atoms with Crippen LogP contribution in [0.15, 0.2) is 41.6 Å². The highest BCUT2D eigenvalue weighted by molar-refractivity contribution is 6.32. The summed E-state index contributed by atoms with van der Waals surface area (Å²) < 4.78 is 16.7. The predicted molar refractivity (Wildman–Crippen MR) is 104 cm³/mol. The van der Waals surface area contributed by atoms with Crippen LogP contribution in [0, 0.1) is 0 Å². The van der Waals surface area contributed by atoms with E-state index in [4.69, 9.17) is 31.0 Å². The third-order valence-corrected chi connectivity index (χ3v) is 4.06. The number of ether oxygens (including phenoxy) is 3. The van der Waals surface area contributed by atoms with E-state index in [0.29, 0.717) is 35.3 Å². The number of hydrogen-bond acceptors (Lipinski definition) is 5. The Morgan fingerprint density at radius 2 is 1.73 bits per heavy atom. The molecule has 0 unspecified atom stereocenters. The third-order valence-electron chi connectivity index (χ3n) is 3.78. The summed E-state index contributed by atoms with van der Waals surface area (Å²) in [6.07, 6.45) is 1.27. The molecule has 0 aliphatic carbocycles. The number of rotatable bonds is 7. The molecule has 0 aromatic heterocycles. The van der Waals surface area contributed by atoms with Gasteiger partial charge in [0.05, 0.1) is 18.3 Å². The Labute approximate surface area is 159 Å². The standard InChI is InChI=1S/C20H24ClNO4/c1-20(2,3)15-5-7-16(8-6-15)25-9-10-26-19-17(21)11-14(13-22-23)12-18(19)24-4/h5-8,11-13,23H,9-10H2,1-4H3. The second-order valence-corrected chi connectivity index (χ2v) is 7.16. The van der Waals surface area contributed by atoms with E-state index in [-0.39, 0.29) is 5.41 Å². The van der Waals surface area contributed by atoms with Crippen LogP contribution < -0.4 is 14.2 Å². The van der Waals surface area contributed by atoms with Gasteiger partial charge in [-0.2, -0.15) is 0 Å². The molecule has 5 nitrogen and oxygen atoms in total. The summed E-state index contributed by atoms with van der Waals surface area (Å²) >= 11 is 6.22. The fourth-order valence-electron chi connectivity index (χ4n) is 2.38. The van der Waals surface area contributed by atoms with Crippen molar-refractivity contribution in [1.82, 2.24) is 0 Å². The first-order chi connectivity index (χ1) is 12.3. The van der Waals surface area contributed by atoms with Crippen molar-refractivity contribution in [1.29, 1.82) is 0 Å². The average Bonchev–Trinajstić information content (AvgIpc) is 2.59. The number of hydrogen-bond donors (Lipinski definition) is 1. The van der Waals surface area contributed by atoms with Crippen molar-refractivity contribution in [2.75, 3.05) is 20.3 Å². The SMILES string of the molecule is COc1cc(C=NO)cc(Cl)c1OCCOc1ccc(C(C)(C)C)cc1. The van der Waals surface area contributed by atoms with E-state index in [9.17, 15) is 0 Å². The summed E-state index contributed by atoms with van der Waals surface area (Å²) in [7, 11) is 1.52. The van der Waals surface area contributed by atoms with Crippen molar-refractivity contribution in [3.63, 3.8) is 0 Å². The van der Waals surface area contributed by atoms with Crippen molar-refractivity contribution in [3.8, 4) is 17.2 Å². The lowest BCUT2D eigenvalue weighted by Crippen LogP contribution is -2.12. The van der Waals surface area contributed by atoms with E-state index in [1.54, 1.807) is 12.1 Å². The van der Waals surface area contributed by atoms with Crippen LogP contribution in [0.3, 0.4) is 0 Å². The number of nitrogens with zero attached hydrogens (tertiary/aromatic N) is 1. The fourth-order valence-corrected chi connectivity index (χ4v) is 2.65. The Kier molecular flexibility index (Phi) is 6.75. The number of halogens is 1. The van der Waals surface area contributed by atoms with E-state index in [0.717, 1.165) is 5.75 Å². The van der Waals surface area contributed by atoms with E-state index < -0.39 is 0 Å². The van der Waals surface area contributed by atoms with Crippen molar-refractivity contribution >= 4 is 17.8 Å². The Morgan fingerprint density at radius 3 is 2.31 bits per heavy atom. The van der Waals surface area contributed by atoms with Gasteiger partial charge >= 0.3 is 0 Å². The maximum atomic E-state index is 8.62. The molecule has 0 heterocycles. The summed E-state index contributed by atoms with van der Waals surface area (Å²) in [5, 5.41) is 12.0. The molecule has 0 aliphatic rings. The van der Waals surface area contributed by atoms with Crippen molar-refractivity contribution in [2.45, 2.75) is 26.2 Å².